The van der Waals surface area contributed by atoms with Gasteiger partial charge in [0.2, 0.25) is 0 Å². The van der Waals surface area contributed by atoms with Gasteiger partial charge in [-0.25, -0.2) is 0 Å². The third kappa shape index (κ3) is 5.13. The predicted octanol–water partition coefficient (Wildman–Crippen LogP) is 6.22. The fraction of sp³-hybridized carbons (Fsp3) is 0.185. The van der Waals surface area contributed by atoms with Gasteiger partial charge in [-0.05, 0) is 47.9 Å². The zero-order valence-electron chi connectivity index (χ0n) is 18.6. The molecule has 0 spiro atoms. The maximum atomic E-state index is 10.9. The topological polar surface area (TPSA) is 72.9 Å². The van der Waals surface area contributed by atoms with Crippen LogP contribution in [0.25, 0.3) is 16.8 Å². The fourth-order valence-corrected chi connectivity index (χ4v) is 4.19. The smallest absolute Gasteiger partial charge is 0.401 e. The van der Waals surface area contributed by atoms with Crippen molar-refractivity contribution in [2.45, 2.75) is 25.2 Å². The van der Waals surface area contributed by atoms with Crippen LogP contribution in [-0.4, -0.2) is 12.0 Å². The molecule has 2 N–H and O–H groups in total. The third-order valence-corrected chi connectivity index (χ3v) is 5.60. The Balaban J connectivity index is 2.05. The molecule has 0 aliphatic carbocycles. The molecule has 1 heterocycles. The number of quaternary nitrogens is 1. The molecule has 0 aliphatic heterocycles. The van der Waals surface area contributed by atoms with E-state index in [4.69, 9.17) is 4.42 Å². The van der Waals surface area contributed by atoms with E-state index in [1.807, 2.05) is 24.3 Å². The van der Waals surface area contributed by atoms with Crippen LogP contribution in [-0.2, 0) is 5.41 Å². The summed E-state index contributed by atoms with van der Waals surface area (Å²) >= 11 is 0. The standard InChI is InChI=1S/C27H28N2O3/c1-5-6-10-20(2)19-27(3,18-9-12-22-15-17-25(32-22)29(30)31)26-23-13-8-7-11-21(23)14-16-24(26)28-4/h5-17,28H,1-2,18-19H2,3-4H3/p+1/b10-6-,12-9+. The second-order valence-corrected chi connectivity index (χ2v) is 8.07. The van der Waals surface area contributed by atoms with Gasteiger partial charge in [0.25, 0.3) is 0 Å². The van der Waals surface area contributed by atoms with Gasteiger partial charge >= 0.3 is 5.88 Å². The number of hydrogen-bond acceptors (Lipinski definition) is 3. The minimum atomic E-state index is -0.531. The molecule has 5 nitrogen and oxygen atoms in total. The van der Waals surface area contributed by atoms with Crippen LogP contribution < -0.4 is 5.32 Å². The zero-order chi connectivity index (χ0) is 23.1. The van der Waals surface area contributed by atoms with Gasteiger partial charge in [0, 0.05) is 11.0 Å². The van der Waals surface area contributed by atoms with Gasteiger partial charge in [-0.15, -0.1) is 0 Å². The van der Waals surface area contributed by atoms with Gasteiger partial charge < -0.3 is 9.73 Å². The minimum absolute atomic E-state index is 0.257. The molecule has 1 aromatic heterocycles. The largest absolute Gasteiger partial charge is 0.433 e. The van der Waals surface area contributed by atoms with E-state index in [0.29, 0.717) is 12.2 Å². The van der Waals surface area contributed by atoms with Crippen LogP contribution in [0.5, 0.6) is 0 Å². The lowest BCUT2D eigenvalue weighted by Gasteiger charge is -2.31. The van der Waals surface area contributed by atoms with Crippen molar-refractivity contribution in [3.05, 3.63) is 113 Å². The number of fused-ring (bicyclic) bond motifs is 1. The number of nitrogens with zero attached hydrogens (tertiary/aromatic N) is 1. The van der Waals surface area contributed by atoms with Crippen molar-refractivity contribution < 1.29 is 14.7 Å². The lowest BCUT2D eigenvalue weighted by Crippen LogP contribution is -2.73. The molecule has 164 valence electrons. The molecule has 2 aromatic carbocycles. The highest BCUT2D eigenvalue weighted by Crippen LogP contribution is 2.42. The average Bonchev–Trinajstić information content (AvgIpc) is 3.26. The minimum Gasteiger partial charge on any atom is -0.401 e. The summed E-state index contributed by atoms with van der Waals surface area (Å²) in [5.74, 6) is 0.205. The molecule has 32 heavy (non-hydrogen) atoms. The summed E-state index contributed by atoms with van der Waals surface area (Å²) in [7, 11) is 2.05. The van der Waals surface area contributed by atoms with Crippen molar-refractivity contribution in [3.8, 4) is 0 Å². The van der Waals surface area contributed by atoms with Gasteiger partial charge in [-0.2, -0.15) is 0 Å². The molecule has 1 atom stereocenters. The molecule has 0 saturated carbocycles. The molecule has 0 radical (unpaired) electrons. The Morgan fingerprint density at radius 1 is 1.22 bits per heavy atom. The lowest BCUT2D eigenvalue weighted by molar-refractivity contribution is -0.540. The van der Waals surface area contributed by atoms with Gasteiger partial charge in [0.05, 0.1) is 13.1 Å². The van der Waals surface area contributed by atoms with Crippen molar-refractivity contribution in [1.82, 2.24) is 0 Å². The normalized spacial score (nSPS) is 13.6. The van der Waals surface area contributed by atoms with Crippen LogP contribution in [0.15, 0.2) is 96.0 Å². The van der Waals surface area contributed by atoms with Gasteiger partial charge in [-0.1, -0.05) is 74.2 Å². The first-order valence-electron chi connectivity index (χ1n) is 10.6. The average molecular weight is 430 g/mol. The molecule has 3 aromatic rings. The van der Waals surface area contributed by atoms with Crippen molar-refractivity contribution in [2.75, 3.05) is 7.05 Å². The summed E-state index contributed by atoms with van der Waals surface area (Å²) in [4.78, 5) is 10.4. The van der Waals surface area contributed by atoms with Crippen LogP contribution in [0.4, 0.5) is 11.6 Å². The van der Waals surface area contributed by atoms with E-state index < -0.39 is 4.92 Å². The van der Waals surface area contributed by atoms with Crippen molar-refractivity contribution in [3.63, 3.8) is 0 Å². The van der Waals surface area contributed by atoms with Crippen LogP contribution >= 0.6 is 0 Å². The zero-order valence-corrected chi connectivity index (χ0v) is 18.6. The number of benzene rings is 2. The van der Waals surface area contributed by atoms with Gasteiger partial charge in [-0.3, -0.25) is 10.1 Å². The Morgan fingerprint density at radius 3 is 2.69 bits per heavy atom. The molecular formula is C27H29N2O3+. The second kappa shape index (κ2) is 10.1. The molecule has 5 heteroatoms. The van der Waals surface area contributed by atoms with Gasteiger partial charge in [0.15, 0.2) is 0 Å². The summed E-state index contributed by atoms with van der Waals surface area (Å²) < 4.78 is 5.28. The Hall–Kier alpha value is -3.70. The molecule has 0 fully saturated rings. The van der Waals surface area contributed by atoms with Crippen molar-refractivity contribution in [2.24, 2.45) is 0 Å². The first-order chi connectivity index (χ1) is 15.4. The Morgan fingerprint density at radius 2 is 2.00 bits per heavy atom. The van der Waals surface area contributed by atoms with E-state index in [1.54, 1.807) is 18.2 Å². The second-order valence-electron chi connectivity index (χ2n) is 8.07. The molecule has 0 saturated heterocycles. The Kier molecular flexibility index (Phi) is 7.23. The maximum absolute atomic E-state index is 10.9. The highest BCUT2D eigenvalue weighted by atomic mass is 16.6. The molecular weight excluding hydrogens is 400 g/mol. The van der Waals surface area contributed by atoms with Gasteiger partial charge in [0.1, 0.15) is 16.4 Å². The number of nitrogens with two attached hydrogens (primary N) is 1. The first-order valence-corrected chi connectivity index (χ1v) is 10.6. The van der Waals surface area contributed by atoms with E-state index in [-0.39, 0.29) is 11.3 Å². The van der Waals surface area contributed by atoms with Crippen LogP contribution in [0.3, 0.4) is 0 Å². The van der Waals surface area contributed by atoms with Crippen LogP contribution in [0.2, 0.25) is 0 Å². The highest BCUT2D eigenvalue weighted by molar-refractivity contribution is 5.90. The summed E-state index contributed by atoms with van der Waals surface area (Å²) in [6, 6.07) is 15.7. The first kappa shape index (κ1) is 23.0. The van der Waals surface area contributed by atoms with E-state index in [1.165, 1.54) is 28.1 Å². The molecule has 0 amide bonds. The molecule has 0 aliphatic rings. The van der Waals surface area contributed by atoms with E-state index in [2.05, 4.69) is 62.8 Å². The maximum Gasteiger partial charge on any atom is 0.433 e. The summed E-state index contributed by atoms with van der Waals surface area (Å²) in [5.41, 5.74) is 3.19. The van der Waals surface area contributed by atoms with Crippen molar-refractivity contribution >= 4 is 28.4 Å². The van der Waals surface area contributed by atoms with E-state index >= 15 is 0 Å². The predicted molar refractivity (Wildman–Crippen MR) is 131 cm³/mol. The van der Waals surface area contributed by atoms with Crippen LogP contribution in [0.1, 0.15) is 31.1 Å². The number of furan rings is 1. The molecule has 0 bridgehead atoms. The lowest BCUT2D eigenvalue weighted by atomic mass is 9.72. The van der Waals surface area contributed by atoms with E-state index in [0.717, 1.165) is 12.0 Å². The van der Waals surface area contributed by atoms with E-state index in [9.17, 15) is 10.1 Å². The highest BCUT2D eigenvalue weighted by Gasteiger charge is 2.32. The summed E-state index contributed by atoms with van der Waals surface area (Å²) in [6.45, 7) is 10.3. The molecule has 3 rings (SSSR count). The monoisotopic (exact) mass is 429 g/mol. The summed E-state index contributed by atoms with van der Waals surface area (Å²) in [5, 5.41) is 15.4. The Labute approximate surface area is 188 Å². The fourth-order valence-electron chi connectivity index (χ4n) is 4.19. The third-order valence-electron chi connectivity index (χ3n) is 5.60. The number of allylic oxidation sites excluding steroid dienone is 5. The number of rotatable bonds is 10. The Bertz CT molecular complexity index is 1200. The van der Waals surface area contributed by atoms with Crippen LogP contribution in [0, 0.1) is 10.1 Å². The SMILES string of the molecule is C=C/C=C\C(=C)CC(C)(C/C=C/c1ccc([N+](=O)[O-])o1)c1c([NH2+]C)ccc2ccccc12. The quantitative estimate of drug-likeness (QED) is 0.180. The number of nitro groups is 1. The van der Waals surface area contributed by atoms with Crippen molar-refractivity contribution in [1.29, 1.82) is 0 Å². The molecule has 1 unspecified atom stereocenters. The summed E-state index contributed by atoms with van der Waals surface area (Å²) in [6.07, 6.45) is 10.9. The number of hydrogen-bond donors (Lipinski definition) is 1.